The Balaban J connectivity index is 1.54. The average molecular weight is 538 g/mol. The monoisotopic (exact) mass is 537 g/mol. The molecule has 11 heteroatoms. The SMILES string of the molecule is CCCC(C)(C(=O)N[C@@H]1CC[C@H]2c3ccc(C(F)(C(F)(F)F)C(F)(F)F)cc3CC[C@@H]12)N1CCNCC1. The van der Waals surface area contributed by atoms with E-state index in [1.54, 1.807) is 0 Å². The van der Waals surface area contributed by atoms with Gasteiger partial charge in [0.05, 0.1) is 5.54 Å². The third-order valence-corrected chi connectivity index (χ3v) is 8.65. The van der Waals surface area contributed by atoms with E-state index in [1.807, 2.05) is 13.8 Å². The number of nitrogens with one attached hydrogen (secondary N) is 2. The van der Waals surface area contributed by atoms with Crippen molar-refractivity contribution in [2.45, 2.75) is 87.9 Å². The zero-order valence-electron chi connectivity index (χ0n) is 21.0. The summed E-state index contributed by atoms with van der Waals surface area (Å²) in [6, 6.07) is 2.45. The van der Waals surface area contributed by atoms with Gasteiger partial charge in [-0.05, 0) is 62.0 Å². The van der Waals surface area contributed by atoms with Crippen LogP contribution in [0.1, 0.15) is 68.6 Å². The number of alkyl halides is 7. The first-order chi connectivity index (χ1) is 17.2. The van der Waals surface area contributed by atoms with Crippen LogP contribution in [-0.4, -0.2) is 60.9 Å². The molecule has 0 aromatic heterocycles. The van der Waals surface area contributed by atoms with Crippen molar-refractivity contribution < 1.29 is 35.5 Å². The Hall–Kier alpha value is -1.88. The number of hydrogen-bond donors (Lipinski definition) is 2. The van der Waals surface area contributed by atoms with Crippen LogP contribution in [0.2, 0.25) is 0 Å². The van der Waals surface area contributed by atoms with Crippen molar-refractivity contribution in [3.8, 4) is 0 Å². The van der Waals surface area contributed by atoms with Gasteiger partial charge in [-0.25, -0.2) is 4.39 Å². The Labute approximate surface area is 212 Å². The average Bonchev–Trinajstić information content (AvgIpc) is 3.25. The van der Waals surface area contributed by atoms with E-state index < -0.39 is 29.1 Å². The first-order valence-electron chi connectivity index (χ1n) is 13.0. The zero-order chi connectivity index (χ0) is 27.2. The minimum absolute atomic E-state index is 0.0246. The van der Waals surface area contributed by atoms with E-state index in [2.05, 4.69) is 15.5 Å². The lowest BCUT2D eigenvalue weighted by Crippen LogP contribution is -2.62. The molecule has 1 aliphatic heterocycles. The summed E-state index contributed by atoms with van der Waals surface area (Å²) in [6.45, 7) is 7.15. The van der Waals surface area contributed by atoms with Gasteiger partial charge in [-0.3, -0.25) is 9.69 Å². The topological polar surface area (TPSA) is 44.4 Å². The molecule has 1 amide bonds. The van der Waals surface area contributed by atoms with Crippen molar-refractivity contribution in [3.63, 3.8) is 0 Å². The lowest BCUT2D eigenvalue weighted by molar-refractivity contribution is -0.348. The fourth-order valence-corrected chi connectivity index (χ4v) is 6.63. The molecule has 1 aromatic rings. The quantitative estimate of drug-likeness (QED) is 0.480. The van der Waals surface area contributed by atoms with Crippen LogP contribution in [0.25, 0.3) is 0 Å². The van der Waals surface area contributed by atoms with Gasteiger partial charge in [0.25, 0.3) is 0 Å². The molecule has 1 saturated heterocycles. The molecule has 1 heterocycles. The molecule has 4 atom stereocenters. The largest absolute Gasteiger partial charge is 0.435 e. The highest BCUT2D eigenvalue weighted by atomic mass is 19.4. The van der Waals surface area contributed by atoms with Crippen molar-refractivity contribution in [3.05, 3.63) is 34.9 Å². The highest BCUT2D eigenvalue weighted by Gasteiger charge is 2.73. The summed E-state index contributed by atoms with van der Waals surface area (Å²) < 4.78 is 94.1. The Bertz CT molecular complexity index is 975. The summed E-state index contributed by atoms with van der Waals surface area (Å²) in [7, 11) is 0. The van der Waals surface area contributed by atoms with Gasteiger partial charge >= 0.3 is 18.0 Å². The van der Waals surface area contributed by atoms with E-state index in [0.29, 0.717) is 42.9 Å². The van der Waals surface area contributed by atoms with Gasteiger partial charge in [0.15, 0.2) is 0 Å². The number of amides is 1. The normalized spacial score (nSPS) is 26.8. The molecule has 0 radical (unpaired) electrons. The number of carbonyl (C=O) groups excluding carboxylic acids is 1. The fraction of sp³-hybridized carbons (Fsp3) is 0.731. The molecular weight excluding hydrogens is 503 g/mol. The fourth-order valence-electron chi connectivity index (χ4n) is 6.63. The molecule has 37 heavy (non-hydrogen) atoms. The second-order valence-electron chi connectivity index (χ2n) is 10.8. The van der Waals surface area contributed by atoms with Gasteiger partial charge in [-0.2, -0.15) is 26.3 Å². The Morgan fingerprint density at radius 2 is 1.68 bits per heavy atom. The Morgan fingerprint density at radius 3 is 2.27 bits per heavy atom. The van der Waals surface area contributed by atoms with Crippen LogP contribution in [0.4, 0.5) is 30.7 Å². The molecule has 0 bridgehead atoms. The van der Waals surface area contributed by atoms with Crippen LogP contribution < -0.4 is 10.6 Å². The Morgan fingerprint density at radius 1 is 1.03 bits per heavy atom. The van der Waals surface area contributed by atoms with Gasteiger partial charge in [-0.15, -0.1) is 0 Å². The number of rotatable bonds is 6. The Kier molecular flexibility index (Phi) is 7.62. The minimum atomic E-state index is -6.13. The number of aryl methyl sites for hydroxylation is 1. The number of carbonyl (C=O) groups is 1. The predicted octanol–water partition coefficient (Wildman–Crippen LogP) is 5.36. The van der Waals surface area contributed by atoms with Crippen molar-refractivity contribution >= 4 is 5.91 Å². The molecule has 2 N–H and O–H groups in total. The van der Waals surface area contributed by atoms with Crippen LogP contribution in [0.5, 0.6) is 0 Å². The molecule has 1 saturated carbocycles. The summed E-state index contributed by atoms with van der Waals surface area (Å²) in [5.74, 6) is -0.123. The van der Waals surface area contributed by atoms with Crippen LogP contribution in [-0.2, 0) is 16.9 Å². The van der Waals surface area contributed by atoms with E-state index in [4.69, 9.17) is 0 Å². The number of piperazine rings is 1. The molecule has 4 rings (SSSR count). The highest BCUT2D eigenvalue weighted by Crippen LogP contribution is 2.55. The number of halogens is 7. The number of fused-ring (bicyclic) bond motifs is 3. The summed E-state index contributed by atoms with van der Waals surface area (Å²) in [5, 5.41) is 6.54. The zero-order valence-corrected chi connectivity index (χ0v) is 21.0. The smallest absolute Gasteiger partial charge is 0.351 e. The maximum Gasteiger partial charge on any atom is 0.435 e. The third-order valence-electron chi connectivity index (χ3n) is 8.65. The summed E-state index contributed by atoms with van der Waals surface area (Å²) in [4.78, 5) is 15.8. The number of benzene rings is 1. The second-order valence-corrected chi connectivity index (χ2v) is 10.8. The molecule has 2 fully saturated rings. The van der Waals surface area contributed by atoms with Crippen molar-refractivity contribution in [1.29, 1.82) is 0 Å². The second kappa shape index (κ2) is 10.0. The lowest BCUT2D eigenvalue weighted by atomic mass is 9.74. The van der Waals surface area contributed by atoms with E-state index in [9.17, 15) is 35.5 Å². The molecule has 3 aliphatic rings. The molecule has 208 valence electrons. The summed E-state index contributed by atoms with van der Waals surface area (Å²) >= 11 is 0. The van der Waals surface area contributed by atoms with Gasteiger partial charge in [0.2, 0.25) is 5.91 Å². The molecule has 1 unspecified atom stereocenters. The van der Waals surface area contributed by atoms with Crippen LogP contribution in [0.3, 0.4) is 0 Å². The first-order valence-corrected chi connectivity index (χ1v) is 13.0. The predicted molar refractivity (Wildman–Crippen MR) is 125 cm³/mol. The van der Waals surface area contributed by atoms with Gasteiger partial charge in [0.1, 0.15) is 0 Å². The van der Waals surface area contributed by atoms with Crippen molar-refractivity contribution in [1.82, 2.24) is 15.5 Å². The molecule has 1 aromatic carbocycles. The highest BCUT2D eigenvalue weighted by molar-refractivity contribution is 5.86. The molecule has 4 nitrogen and oxygen atoms in total. The summed E-state index contributed by atoms with van der Waals surface area (Å²) in [5.41, 5.74) is -6.54. The minimum Gasteiger partial charge on any atom is -0.351 e. The van der Waals surface area contributed by atoms with Crippen molar-refractivity contribution in [2.24, 2.45) is 5.92 Å². The first kappa shape index (κ1) is 28.1. The standard InChI is InChI=1S/C26H34F7N3O/c1-3-10-23(2,36-13-11-34-12-14-36)22(37)35-21-9-8-19-18-7-5-17(15-16(18)4-6-20(19)21)24(27,25(28,29)30)26(31,32)33/h5,7,15,19-21,34H,3-4,6,8-14H2,1-2H3,(H,35,37)/t19-,20+,21+,23?/m0/s1. The lowest BCUT2D eigenvalue weighted by Gasteiger charge is -2.43. The number of nitrogens with zero attached hydrogens (tertiary/aromatic N) is 1. The van der Waals surface area contributed by atoms with E-state index in [-0.39, 0.29) is 30.2 Å². The van der Waals surface area contributed by atoms with Gasteiger partial charge in [-0.1, -0.05) is 31.5 Å². The number of hydrogen-bond acceptors (Lipinski definition) is 3. The summed E-state index contributed by atoms with van der Waals surface area (Å²) in [6.07, 6.45) is -8.66. The molecule has 2 aliphatic carbocycles. The third kappa shape index (κ3) is 4.86. The van der Waals surface area contributed by atoms with Crippen molar-refractivity contribution in [2.75, 3.05) is 26.2 Å². The molecular formula is C26H34F7N3O. The van der Waals surface area contributed by atoms with Gasteiger partial charge in [0, 0.05) is 37.8 Å². The van der Waals surface area contributed by atoms with Crippen LogP contribution in [0.15, 0.2) is 18.2 Å². The van der Waals surface area contributed by atoms with E-state index >= 15 is 0 Å². The van der Waals surface area contributed by atoms with E-state index in [1.165, 1.54) is 6.07 Å². The maximum absolute atomic E-state index is 14.6. The molecule has 0 spiro atoms. The maximum atomic E-state index is 14.6. The van der Waals surface area contributed by atoms with Crippen LogP contribution >= 0.6 is 0 Å². The van der Waals surface area contributed by atoms with Gasteiger partial charge < -0.3 is 10.6 Å². The van der Waals surface area contributed by atoms with E-state index in [0.717, 1.165) is 38.7 Å². The van der Waals surface area contributed by atoms with Crippen LogP contribution in [0, 0.1) is 5.92 Å².